The van der Waals surface area contributed by atoms with E-state index in [4.69, 9.17) is 10.2 Å². The van der Waals surface area contributed by atoms with Crippen LogP contribution in [0.4, 0.5) is 0 Å². The van der Waals surface area contributed by atoms with Gasteiger partial charge in [0.1, 0.15) is 0 Å². The third kappa shape index (κ3) is 3.14. The van der Waals surface area contributed by atoms with E-state index in [1.165, 1.54) is 0 Å². The summed E-state index contributed by atoms with van der Waals surface area (Å²) in [6.07, 6.45) is 0. The van der Waals surface area contributed by atoms with Crippen LogP contribution in [0.15, 0.2) is 30.3 Å². The minimum Gasteiger partial charge on any atom is -0.395 e. The van der Waals surface area contributed by atoms with Crippen molar-refractivity contribution >= 4 is 0 Å². The molecule has 0 spiro atoms. The van der Waals surface area contributed by atoms with Gasteiger partial charge in [0.25, 0.3) is 0 Å². The SMILES string of the molecule is OCCNC(CO)c1ccccc1. The van der Waals surface area contributed by atoms with Crippen molar-refractivity contribution in [1.82, 2.24) is 5.32 Å². The summed E-state index contributed by atoms with van der Waals surface area (Å²) in [4.78, 5) is 0. The molecule has 1 unspecified atom stereocenters. The van der Waals surface area contributed by atoms with Gasteiger partial charge in [-0.1, -0.05) is 30.3 Å². The zero-order chi connectivity index (χ0) is 9.52. The van der Waals surface area contributed by atoms with Gasteiger partial charge in [-0.25, -0.2) is 0 Å². The minimum atomic E-state index is -0.0756. The number of rotatable bonds is 5. The van der Waals surface area contributed by atoms with Crippen molar-refractivity contribution in [2.75, 3.05) is 19.8 Å². The molecule has 0 aliphatic rings. The summed E-state index contributed by atoms with van der Waals surface area (Å²) < 4.78 is 0. The van der Waals surface area contributed by atoms with Crippen LogP contribution in [0, 0.1) is 0 Å². The number of hydrogen-bond donors (Lipinski definition) is 3. The predicted octanol–water partition coefficient (Wildman–Crippen LogP) is 0.302. The van der Waals surface area contributed by atoms with Crippen LogP contribution in [0.1, 0.15) is 11.6 Å². The Morgan fingerprint density at radius 1 is 1.15 bits per heavy atom. The molecule has 72 valence electrons. The molecule has 1 atom stereocenters. The molecule has 3 N–H and O–H groups in total. The highest BCUT2D eigenvalue weighted by molar-refractivity contribution is 5.18. The van der Waals surface area contributed by atoms with Crippen molar-refractivity contribution < 1.29 is 10.2 Å². The fourth-order valence-corrected chi connectivity index (χ4v) is 1.21. The summed E-state index contributed by atoms with van der Waals surface area (Å²) in [5, 5.41) is 20.7. The fraction of sp³-hybridized carbons (Fsp3) is 0.400. The summed E-state index contributed by atoms with van der Waals surface area (Å²) in [6, 6.07) is 9.62. The lowest BCUT2D eigenvalue weighted by molar-refractivity contribution is 0.227. The van der Waals surface area contributed by atoms with E-state index >= 15 is 0 Å². The molecule has 13 heavy (non-hydrogen) atoms. The van der Waals surface area contributed by atoms with Gasteiger partial charge in [-0.05, 0) is 5.56 Å². The summed E-state index contributed by atoms with van der Waals surface area (Å²) >= 11 is 0. The Morgan fingerprint density at radius 2 is 1.85 bits per heavy atom. The van der Waals surface area contributed by atoms with Crippen LogP contribution >= 0.6 is 0 Å². The largest absolute Gasteiger partial charge is 0.395 e. The van der Waals surface area contributed by atoms with Crippen LogP contribution in [-0.4, -0.2) is 30.0 Å². The van der Waals surface area contributed by atoms with Gasteiger partial charge in [0.15, 0.2) is 0 Å². The Labute approximate surface area is 78.0 Å². The summed E-state index contributed by atoms with van der Waals surface area (Å²) in [5.74, 6) is 0. The van der Waals surface area contributed by atoms with E-state index in [9.17, 15) is 0 Å². The molecule has 0 bridgehead atoms. The van der Waals surface area contributed by atoms with E-state index in [1.807, 2.05) is 30.3 Å². The van der Waals surface area contributed by atoms with Crippen molar-refractivity contribution in [3.8, 4) is 0 Å². The molecule has 0 aromatic heterocycles. The minimum absolute atomic E-state index is 0.0456. The van der Waals surface area contributed by atoms with Gasteiger partial charge in [0.2, 0.25) is 0 Å². The average molecular weight is 181 g/mol. The number of aliphatic hydroxyl groups is 2. The Morgan fingerprint density at radius 3 is 2.38 bits per heavy atom. The van der Waals surface area contributed by atoms with Gasteiger partial charge >= 0.3 is 0 Å². The zero-order valence-corrected chi connectivity index (χ0v) is 7.48. The predicted molar refractivity (Wildman–Crippen MR) is 51.4 cm³/mol. The second-order valence-electron chi connectivity index (χ2n) is 2.82. The fourth-order valence-electron chi connectivity index (χ4n) is 1.21. The van der Waals surface area contributed by atoms with E-state index in [1.54, 1.807) is 0 Å². The van der Waals surface area contributed by atoms with Gasteiger partial charge in [-0.15, -0.1) is 0 Å². The summed E-state index contributed by atoms with van der Waals surface area (Å²) in [7, 11) is 0. The molecule has 1 rings (SSSR count). The lowest BCUT2D eigenvalue weighted by atomic mass is 10.1. The van der Waals surface area contributed by atoms with Crippen molar-refractivity contribution in [2.45, 2.75) is 6.04 Å². The van der Waals surface area contributed by atoms with E-state index in [2.05, 4.69) is 5.32 Å². The first-order valence-corrected chi connectivity index (χ1v) is 4.38. The zero-order valence-electron chi connectivity index (χ0n) is 7.48. The van der Waals surface area contributed by atoms with Gasteiger partial charge in [0, 0.05) is 6.54 Å². The highest BCUT2D eigenvalue weighted by Crippen LogP contribution is 2.10. The van der Waals surface area contributed by atoms with Crippen LogP contribution in [0.25, 0.3) is 0 Å². The van der Waals surface area contributed by atoms with Crippen molar-refractivity contribution in [3.63, 3.8) is 0 Å². The van der Waals surface area contributed by atoms with E-state index in [-0.39, 0.29) is 19.3 Å². The first-order chi connectivity index (χ1) is 6.38. The molecule has 0 saturated carbocycles. The number of aliphatic hydroxyl groups excluding tert-OH is 2. The molecular formula is C10H15NO2. The highest BCUT2D eigenvalue weighted by Gasteiger charge is 2.07. The molecule has 0 saturated heterocycles. The second kappa shape index (κ2) is 5.70. The molecule has 0 fully saturated rings. The Balaban J connectivity index is 2.56. The molecule has 0 radical (unpaired) electrons. The molecule has 3 nitrogen and oxygen atoms in total. The van der Waals surface area contributed by atoms with Crippen LogP contribution in [0.3, 0.4) is 0 Å². The summed E-state index contributed by atoms with van der Waals surface area (Å²) in [5.41, 5.74) is 1.04. The molecular weight excluding hydrogens is 166 g/mol. The van der Waals surface area contributed by atoms with Crippen LogP contribution in [0.5, 0.6) is 0 Å². The second-order valence-corrected chi connectivity index (χ2v) is 2.82. The maximum Gasteiger partial charge on any atom is 0.0626 e. The van der Waals surface area contributed by atoms with Crippen molar-refractivity contribution in [1.29, 1.82) is 0 Å². The Hall–Kier alpha value is -0.900. The molecule has 0 aliphatic heterocycles. The van der Waals surface area contributed by atoms with E-state index < -0.39 is 0 Å². The van der Waals surface area contributed by atoms with Crippen molar-refractivity contribution in [2.24, 2.45) is 0 Å². The Bertz CT molecular complexity index is 226. The van der Waals surface area contributed by atoms with E-state index in [0.717, 1.165) is 5.56 Å². The van der Waals surface area contributed by atoms with Gasteiger partial charge < -0.3 is 15.5 Å². The van der Waals surface area contributed by atoms with Gasteiger partial charge in [0.05, 0.1) is 19.3 Å². The molecule has 0 amide bonds. The lowest BCUT2D eigenvalue weighted by Crippen LogP contribution is -2.26. The van der Waals surface area contributed by atoms with Gasteiger partial charge in [-0.2, -0.15) is 0 Å². The van der Waals surface area contributed by atoms with Crippen molar-refractivity contribution in [3.05, 3.63) is 35.9 Å². The number of benzene rings is 1. The van der Waals surface area contributed by atoms with Crippen LogP contribution in [-0.2, 0) is 0 Å². The lowest BCUT2D eigenvalue weighted by Gasteiger charge is -2.15. The first kappa shape index (κ1) is 10.2. The normalized spacial score (nSPS) is 12.8. The molecule has 0 aliphatic carbocycles. The monoisotopic (exact) mass is 181 g/mol. The van der Waals surface area contributed by atoms with Gasteiger partial charge in [-0.3, -0.25) is 0 Å². The molecule has 1 aromatic rings. The summed E-state index contributed by atoms with van der Waals surface area (Å²) in [6.45, 7) is 0.632. The smallest absolute Gasteiger partial charge is 0.0626 e. The third-order valence-electron chi connectivity index (χ3n) is 1.89. The van der Waals surface area contributed by atoms with Crippen LogP contribution in [0.2, 0.25) is 0 Å². The Kier molecular flexibility index (Phi) is 4.46. The molecule has 3 heteroatoms. The number of hydrogen-bond acceptors (Lipinski definition) is 3. The maximum absolute atomic E-state index is 9.06. The highest BCUT2D eigenvalue weighted by atomic mass is 16.3. The molecule has 0 heterocycles. The number of nitrogens with one attached hydrogen (secondary N) is 1. The maximum atomic E-state index is 9.06. The van der Waals surface area contributed by atoms with Crippen LogP contribution < -0.4 is 5.32 Å². The quantitative estimate of drug-likeness (QED) is 0.612. The molecule has 1 aromatic carbocycles. The third-order valence-corrected chi connectivity index (χ3v) is 1.89. The standard InChI is InChI=1S/C10H15NO2/c12-7-6-11-10(8-13)9-4-2-1-3-5-9/h1-5,10-13H,6-8H2. The topological polar surface area (TPSA) is 52.5 Å². The van der Waals surface area contributed by atoms with E-state index in [0.29, 0.717) is 6.54 Å². The first-order valence-electron chi connectivity index (χ1n) is 4.38. The average Bonchev–Trinajstić information content (AvgIpc) is 2.21.